The highest BCUT2D eigenvalue weighted by Crippen LogP contribution is 2.37. The molecule has 1 aliphatic heterocycles. The zero-order valence-corrected chi connectivity index (χ0v) is 18.9. The SMILES string of the molecule is CCCN(CCC)C(=O)CC(c1ccc(OC)c(OC)c1)N1Cc2ccccc2C1=O. The van der Waals surface area contributed by atoms with Crippen molar-refractivity contribution in [2.24, 2.45) is 0 Å². The van der Waals surface area contributed by atoms with Crippen molar-refractivity contribution in [2.45, 2.75) is 45.7 Å². The number of fused-ring (bicyclic) bond motifs is 1. The summed E-state index contributed by atoms with van der Waals surface area (Å²) in [4.78, 5) is 30.2. The van der Waals surface area contributed by atoms with Gasteiger partial charge < -0.3 is 19.3 Å². The van der Waals surface area contributed by atoms with Crippen LogP contribution < -0.4 is 9.47 Å². The van der Waals surface area contributed by atoms with E-state index in [9.17, 15) is 9.59 Å². The number of hydrogen-bond donors (Lipinski definition) is 0. The second-order valence-corrected chi connectivity index (χ2v) is 7.81. The van der Waals surface area contributed by atoms with E-state index in [1.807, 2.05) is 47.4 Å². The molecule has 1 unspecified atom stereocenters. The summed E-state index contributed by atoms with van der Waals surface area (Å²) < 4.78 is 10.9. The number of ether oxygens (including phenoxy) is 2. The molecule has 31 heavy (non-hydrogen) atoms. The Morgan fingerprint density at radius 1 is 1.03 bits per heavy atom. The minimum Gasteiger partial charge on any atom is -0.493 e. The zero-order valence-electron chi connectivity index (χ0n) is 18.9. The molecule has 1 aliphatic rings. The van der Waals surface area contributed by atoms with Crippen LogP contribution in [0.25, 0.3) is 0 Å². The van der Waals surface area contributed by atoms with E-state index in [4.69, 9.17) is 9.47 Å². The maximum absolute atomic E-state index is 13.3. The van der Waals surface area contributed by atoms with Crippen LogP contribution in [-0.2, 0) is 11.3 Å². The quantitative estimate of drug-likeness (QED) is 0.566. The third-order valence-corrected chi connectivity index (χ3v) is 5.73. The third kappa shape index (κ3) is 4.84. The first-order chi connectivity index (χ1) is 15.0. The first-order valence-corrected chi connectivity index (χ1v) is 10.9. The van der Waals surface area contributed by atoms with Gasteiger partial charge in [0.05, 0.1) is 26.7 Å². The van der Waals surface area contributed by atoms with E-state index in [1.54, 1.807) is 19.1 Å². The highest BCUT2D eigenvalue weighted by Gasteiger charge is 2.35. The fourth-order valence-electron chi connectivity index (χ4n) is 4.19. The Bertz CT molecular complexity index is 921. The van der Waals surface area contributed by atoms with E-state index in [2.05, 4.69) is 13.8 Å². The molecule has 0 fully saturated rings. The van der Waals surface area contributed by atoms with Gasteiger partial charge in [0.25, 0.3) is 5.91 Å². The standard InChI is InChI=1S/C25H32N2O4/c1-5-13-26(14-6-2)24(28)16-21(18-11-12-22(30-3)23(15-18)31-4)27-17-19-9-7-8-10-20(19)25(27)29/h7-12,15,21H,5-6,13-14,16-17H2,1-4H3. The molecule has 6 nitrogen and oxygen atoms in total. The van der Waals surface area contributed by atoms with E-state index in [0.717, 1.165) is 37.1 Å². The lowest BCUT2D eigenvalue weighted by atomic mass is 10.00. The van der Waals surface area contributed by atoms with Crippen molar-refractivity contribution in [1.29, 1.82) is 0 Å². The molecule has 1 atom stereocenters. The summed E-state index contributed by atoms with van der Waals surface area (Å²) in [7, 11) is 3.18. The maximum atomic E-state index is 13.3. The maximum Gasteiger partial charge on any atom is 0.255 e. The van der Waals surface area contributed by atoms with Crippen LogP contribution in [0.5, 0.6) is 11.5 Å². The average Bonchev–Trinajstić information content (AvgIpc) is 3.13. The lowest BCUT2D eigenvalue weighted by Crippen LogP contribution is -2.37. The predicted molar refractivity (Wildman–Crippen MR) is 120 cm³/mol. The predicted octanol–water partition coefficient (Wildman–Crippen LogP) is 4.44. The van der Waals surface area contributed by atoms with Crippen LogP contribution in [0, 0.1) is 0 Å². The molecule has 0 bridgehead atoms. The van der Waals surface area contributed by atoms with Gasteiger partial charge in [-0.1, -0.05) is 38.1 Å². The molecule has 0 aliphatic carbocycles. The minimum absolute atomic E-state index is 0.0410. The highest BCUT2D eigenvalue weighted by molar-refractivity contribution is 5.98. The van der Waals surface area contributed by atoms with Gasteiger partial charge in [0.2, 0.25) is 5.91 Å². The molecule has 0 saturated carbocycles. The van der Waals surface area contributed by atoms with Crippen molar-refractivity contribution in [1.82, 2.24) is 9.80 Å². The van der Waals surface area contributed by atoms with Crippen molar-refractivity contribution >= 4 is 11.8 Å². The Labute approximate surface area is 184 Å². The number of methoxy groups -OCH3 is 2. The summed E-state index contributed by atoms with van der Waals surface area (Å²) in [5, 5.41) is 0. The number of rotatable bonds is 10. The van der Waals surface area contributed by atoms with Crippen molar-refractivity contribution in [3.8, 4) is 11.5 Å². The van der Waals surface area contributed by atoms with Gasteiger partial charge in [-0.3, -0.25) is 9.59 Å². The topological polar surface area (TPSA) is 59.1 Å². The number of nitrogens with zero attached hydrogens (tertiary/aromatic N) is 2. The Balaban J connectivity index is 1.97. The Morgan fingerprint density at radius 3 is 2.32 bits per heavy atom. The van der Waals surface area contributed by atoms with Crippen LogP contribution in [-0.4, -0.2) is 48.9 Å². The smallest absolute Gasteiger partial charge is 0.255 e. The lowest BCUT2D eigenvalue weighted by molar-refractivity contribution is -0.132. The molecule has 1 heterocycles. The van der Waals surface area contributed by atoms with E-state index in [0.29, 0.717) is 23.6 Å². The summed E-state index contributed by atoms with van der Waals surface area (Å²) in [6.07, 6.45) is 2.04. The van der Waals surface area contributed by atoms with Gasteiger partial charge in [0.15, 0.2) is 11.5 Å². The van der Waals surface area contributed by atoms with Gasteiger partial charge in [-0.05, 0) is 42.2 Å². The Kier molecular flexibility index (Phi) is 7.55. The van der Waals surface area contributed by atoms with Crippen molar-refractivity contribution in [2.75, 3.05) is 27.3 Å². The first kappa shape index (κ1) is 22.7. The molecular formula is C25H32N2O4. The summed E-state index contributed by atoms with van der Waals surface area (Å²) in [6.45, 7) is 6.08. The Morgan fingerprint density at radius 2 is 1.71 bits per heavy atom. The van der Waals surface area contributed by atoms with E-state index in [-0.39, 0.29) is 24.3 Å². The molecule has 2 amide bonds. The van der Waals surface area contributed by atoms with Gasteiger partial charge in [-0.15, -0.1) is 0 Å². The van der Waals surface area contributed by atoms with Gasteiger partial charge in [0, 0.05) is 25.2 Å². The van der Waals surface area contributed by atoms with E-state index in [1.165, 1.54) is 0 Å². The van der Waals surface area contributed by atoms with Gasteiger partial charge in [-0.25, -0.2) is 0 Å². The van der Waals surface area contributed by atoms with Crippen molar-refractivity contribution in [3.05, 3.63) is 59.2 Å². The van der Waals surface area contributed by atoms with Gasteiger partial charge >= 0.3 is 0 Å². The third-order valence-electron chi connectivity index (χ3n) is 5.73. The molecule has 6 heteroatoms. The molecule has 2 aromatic carbocycles. The number of benzene rings is 2. The summed E-state index contributed by atoms with van der Waals surface area (Å²) in [5.41, 5.74) is 2.56. The monoisotopic (exact) mass is 424 g/mol. The lowest BCUT2D eigenvalue weighted by Gasteiger charge is -2.31. The van der Waals surface area contributed by atoms with Gasteiger partial charge in [0.1, 0.15) is 0 Å². The molecule has 3 rings (SSSR count). The molecular weight excluding hydrogens is 392 g/mol. The van der Waals surface area contributed by atoms with Crippen LogP contribution in [0.15, 0.2) is 42.5 Å². The van der Waals surface area contributed by atoms with Crippen molar-refractivity contribution < 1.29 is 19.1 Å². The molecule has 0 spiro atoms. The second kappa shape index (κ2) is 10.3. The van der Waals surface area contributed by atoms with Crippen LogP contribution >= 0.6 is 0 Å². The van der Waals surface area contributed by atoms with Crippen LogP contribution in [0.2, 0.25) is 0 Å². The molecule has 0 radical (unpaired) electrons. The first-order valence-electron chi connectivity index (χ1n) is 10.9. The minimum atomic E-state index is -0.386. The molecule has 0 saturated heterocycles. The van der Waals surface area contributed by atoms with Gasteiger partial charge in [-0.2, -0.15) is 0 Å². The Hall–Kier alpha value is -3.02. The fourth-order valence-corrected chi connectivity index (χ4v) is 4.19. The molecule has 2 aromatic rings. The van der Waals surface area contributed by atoms with E-state index < -0.39 is 0 Å². The number of amides is 2. The number of hydrogen-bond acceptors (Lipinski definition) is 4. The van der Waals surface area contributed by atoms with Crippen LogP contribution in [0.3, 0.4) is 0 Å². The summed E-state index contributed by atoms with van der Waals surface area (Å²) in [6, 6.07) is 12.9. The molecule has 0 N–H and O–H groups in total. The second-order valence-electron chi connectivity index (χ2n) is 7.81. The number of carbonyl (C=O) groups is 2. The fraction of sp³-hybridized carbons (Fsp3) is 0.440. The zero-order chi connectivity index (χ0) is 22.4. The number of carbonyl (C=O) groups excluding carboxylic acids is 2. The normalized spacial score (nSPS) is 13.7. The van der Waals surface area contributed by atoms with Crippen LogP contribution in [0.1, 0.15) is 60.6 Å². The largest absolute Gasteiger partial charge is 0.493 e. The summed E-state index contributed by atoms with van der Waals surface area (Å²) in [5.74, 6) is 1.22. The van der Waals surface area contributed by atoms with Crippen molar-refractivity contribution in [3.63, 3.8) is 0 Å². The molecule has 166 valence electrons. The van der Waals surface area contributed by atoms with E-state index >= 15 is 0 Å². The average molecular weight is 425 g/mol. The molecule has 0 aromatic heterocycles. The van der Waals surface area contributed by atoms with Crippen LogP contribution in [0.4, 0.5) is 0 Å². The summed E-state index contributed by atoms with van der Waals surface area (Å²) >= 11 is 0. The highest BCUT2D eigenvalue weighted by atomic mass is 16.5.